The Labute approximate surface area is 138 Å². The number of carbonyl (C=O) groups excluding carboxylic acids is 3. The number of hydrogen-bond donors (Lipinski definition) is 1. The van der Waals surface area contributed by atoms with Crippen LogP contribution in [0.5, 0.6) is 5.75 Å². The third-order valence-electron chi connectivity index (χ3n) is 3.08. The molecule has 0 atom stereocenters. The number of carbonyl (C=O) groups is 3. The largest absolute Gasteiger partial charge is 0.507 e. The second-order valence-electron chi connectivity index (χ2n) is 5.41. The molecule has 0 saturated carbocycles. The molecule has 24 heavy (non-hydrogen) atoms. The summed E-state index contributed by atoms with van der Waals surface area (Å²) in [5.74, 6) is -3.70. The van der Waals surface area contributed by atoms with Gasteiger partial charge < -0.3 is 19.3 Å². The lowest BCUT2D eigenvalue weighted by molar-refractivity contribution is -0.222. The maximum absolute atomic E-state index is 11.9. The number of phenolic OH excluding ortho intramolecular Hbond substituents is 1. The van der Waals surface area contributed by atoms with Crippen LogP contribution in [-0.4, -0.2) is 35.9 Å². The molecule has 0 unspecified atom stereocenters. The van der Waals surface area contributed by atoms with Gasteiger partial charge in [-0.25, -0.2) is 14.4 Å². The van der Waals surface area contributed by atoms with Crippen LogP contribution in [-0.2, 0) is 28.6 Å². The summed E-state index contributed by atoms with van der Waals surface area (Å²) in [5.41, 5.74) is 0.423. The molecule has 1 N–H and O–H groups in total. The summed E-state index contributed by atoms with van der Waals surface area (Å²) in [4.78, 5) is 35.0. The van der Waals surface area contributed by atoms with Crippen LogP contribution >= 0.6 is 0 Å². The fraction of sp³-hybridized carbons (Fsp3) is 0.235. The zero-order valence-corrected chi connectivity index (χ0v) is 13.4. The van der Waals surface area contributed by atoms with Crippen molar-refractivity contribution in [3.05, 3.63) is 41.0 Å². The van der Waals surface area contributed by atoms with E-state index in [9.17, 15) is 19.5 Å². The van der Waals surface area contributed by atoms with E-state index in [1.165, 1.54) is 51.3 Å². The summed E-state index contributed by atoms with van der Waals surface area (Å²) in [7, 11) is 1.25. The molecule has 2 rings (SSSR count). The molecule has 0 aliphatic carbocycles. The molecule has 7 nitrogen and oxygen atoms in total. The molecule has 1 aliphatic heterocycles. The lowest BCUT2D eigenvalue weighted by Crippen LogP contribution is -2.41. The molecule has 0 amide bonds. The van der Waals surface area contributed by atoms with Crippen molar-refractivity contribution in [3.8, 4) is 5.75 Å². The topological polar surface area (TPSA) is 99.1 Å². The zero-order chi connectivity index (χ0) is 17.9. The molecule has 0 spiro atoms. The van der Waals surface area contributed by atoms with Crippen LogP contribution < -0.4 is 0 Å². The minimum Gasteiger partial charge on any atom is -0.507 e. The van der Waals surface area contributed by atoms with Gasteiger partial charge in [-0.3, -0.25) is 0 Å². The standard InChI is InChI=1S/C17H16O7/c1-17(2)23-15(20)12(16(21)24-17)9-11-8-10(4-6-13(11)18)5-7-14(19)22-3/h4-9,18H,1-3H3. The van der Waals surface area contributed by atoms with E-state index >= 15 is 0 Å². The van der Waals surface area contributed by atoms with Crippen LogP contribution in [0.25, 0.3) is 12.2 Å². The van der Waals surface area contributed by atoms with Gasteiger partial charge in [-0.05, 0) is 29.8 Å². The fourth-order valence-electron chi connectivity index (χ4n) is 1.96. The van der Waals surface area contributed by atoms with Crippen molar-refractivity contribution in [1.82, 2.24) is 0 Å². The maximum Gasteiger partial charge on any atom is 0.348 e. The van der Waals surface area contributed by atoms with Gasteiger partial charge in [0.15, 0.2) is 0 Å². The molecule has 1 heterocycles. The Hall–Kier alpha value is -3.09. The van der Waals surface area contributed by atoms with Gasteiger partial charge in [0.05, 0.1) is 7.11 Å². The minimum absolute atomic E-state index is 0.150. The first-order valence-electron chi connectivity index (χ1n) is 6.99. The average Bonchev–Trinajstić information content (AvgIpc) is 2.49. The third kappa shape index (κ3) is 4.01. The normalized spacial score (nSPS) is 16.5. The Bertz CT molecular complexity index is 734. The maximum atomic E-state index is 11.9. The molecule has 1 fully saturated rings. The molecule has 1 aromatic rings. The van der Waals surface area contributed by atoms with Crippen LogP contribution in [0, 0.1) is 0 Å². The van der Waals surface area contributed by atoms with E-state index in [1.807, 2.05) is 0 Å². The minimum atomic E-state index is -1.33. The first-order chi connectivity index (χ1) is 11.2. The number of cyclic esters (lactones) is 2. The van der Waals surface area contributed by atoms with E-state index in [0.717, 1.165) is 0 Å². The number of hydrogen-bond acceptors (Lipinski definition) is 7. The molecular weight excluding hydrogens is 316 g/mol. The Morgan fingerprint density at radius 3 is 2.42 bits per heavy atom. The Morgan fingerprint density at radius 2 is 1.83 bits per heavy atom. The van der Waals surface area contributed by atoms with Crippen LogP contribution in [0.3, 0.4) is 0 Å². The molecule has 7 heteroatoms. The molecule has 0 radical (unpaired) electrons. The third-order valence-corrected chi connectivity index (χ3v) is 3.08. The highest BCUT2D eigenvalue weighted by molar-refractivity contribution is 6.19. The fourth-order valence-corrected chi connectivity index (χ4v) is 1.96. The first kappa shape index (κ1) is 17.3. The number of esters is 3. The molecule has 1 aliphatic rings. The van der Waals surface area contributed by atoms with E-state index in [0.29, 0.717) is 5.56 Å². The van der Waals surface area contributed by atoms with Crippen molar-refractivity contribution >= 4 is 30.1 Å². The predicted octanol–water partition coefficient (Wildman–Crippen LogP) is 1.80. The zero-order valence-electron chi connectivity index (χ0n) is 13.4. The van der Waals surface area contributed by atoms with E-state index in [4.69, 9.17) is 9.47 Å². The quantitative estimate of drug-likeness (QED) is 0.512. The van der Waals surface area contributed by atoms with Gasteiger partial charge in [0, 0.05) is 25.5 Å². The predicted molar refractivity (Wildman–Crippen MR) is 83.4 cm³/mol. The number of methoxy groups -OCH3 is 1. The highest BCUT2D eigenvalue weighted by Gasteiger charge is 2.38. The van der Waals surface area contributed by atoms with Gasteiger partial charge in [0.2, 0.25) is 0 Å². The summed E-state index contributed by atoms with van der Waals surface area (Å²) >= 11 is 0. The van der Waals surface area contributed by atoms with E-state index in [-0.39, 0.29) is 16.9 Å². The van der Waals surface area contributed by atoms with Gasteiger partial charge in [-0.15, -0.1) is 0 Å². The summed E-state index contributed by atoms with van der Waals surface area (Å²) in [5, 5.41) is 9.90. The number of benzene rings is 1. The number of phenols is 1. The highest BCUT2D eigenvalue weighted by atomic mass is 16.7. The summed E-state index contributed by atoms with van der Waals surface area (Å²) in [6, 6.07) is 4.41. The van der Waals surface area contributed by atoms with Gasteiger partial charge in [-0.1, -0.05) is 6.07 Å². The first-order valence-corrected chi connectivity index (χ1v) is 6.99. The molecule has 1 aromatic carbocycles. The van der Waals surface area contributed by atoms with Crippen molar-refractivity contribution in [3.63, 3.8) is 0 Å². The monoisotopic (exact) mass is 332 g/mol. The van der Waals surface area contributed by atoms with E-state index < -0.39 is 23.7 Å². The summed E-state index contributed by atoms with van der Waals surface area (Å²) < 4.78 is 14.5. The molecule has 0 aromatic heterocycles. The highest BCUT2D eigenvalue weighted by Crippen LogP contribution is 2.27. The van der Waals surface area contributed by atoms with Crippen molar-refractivity contribution in [2.75, 3.05) is 7.11 Å². The SMILES string of the molecule is COC(=O)C=Cc1ccc(O)c(C=C2C(=O)OC(C)(C)OC2=O)c1. The molecule has 1 saturated heterocycles. The Kier molecular flexibility index (Phi) is 4.73. The van der Waals surface area contributed by atoms with E-state index in [1.54, 1.807) is 6.07 Å². The van der Waals surface area contributed by atoms with Crippen molar-refractivity contribution in [2.24, 2.45) is 0 Å². The van der Waals surface area contributed by atoms with Crippen molar-refractivity contribution < 1.29 is 33.7 Å². The number of aromatic hydroxyl groups is 1. The van der Waals surface area contributed by atoms with Crippen LogP contribution in [0.4, 0.5) is 0 Å². The van der Waals surface area contributed by atoms with Crippen LogP contribution in [0.1, 0.15) is 25.0 Å². The second-order valence-corrected chi connectivity index (χ2v) is 5.41. The van der Waals surface area contributed by atoms with Crippen LogP contribution in [0.2, 0.25) is 0 Å². The van der Waals surface area contributed by atoms with Gasteiger partial charge in [-0.2, -0.15) is 0 Å². The van der Waals surface area contributed by atoms with Crippen molar-refractivity contribution in [2.45, 2.75) is 19.6 Å². The smallest absolute Gasteiger partial charge is 0.348 e. The van der Waals surface area contributed by atoms with Gasteiger partial charge in [0.1, 0.15) is 11.3 Å². The van der Waals surface area contributed by atoms with Crippen molar-refractivity contribution in [1.29, 1.82) is 0 Å². The van der Waals surface area contributed by atoms with Gasteiger partial charge in [0.25, 0.3) is 5.79 Å². The molecule has 126 valence electrons. The number of rotatable bonds is 3. The number of ether oxygens (including phenoxy) is 3. The van der Waals surface area contributed by atoms with Gasteiger partial charge >= 0.3 is 17.9 Å². The Balaban J connectivity index is 2.35. The molecular formula is C17H16O7. The van der Waals surface area contributed by atoms with Crippen LogP contribution in [0.15, 0.2) is 29.8 Å². The summed E-state index contributed by atoms with van der Waals surface area (Å²) in [6.45, 7) is 2.88. The lowest BCUT2D eigenvalue weighted by atomic mass is 10.1. The lowest BCUT2D eigenvalue weighted by Gasteiger charge is -2.29. The Morgan fingerprint density at radius 1 is 1.21 bits per heavy atom. The average molecular weight is 332 g/mol. The molecule has 0 bridgehead atoms. The second kappa shape index (κ2) is 6.57. The summed E-state index contributed by atoms with van der Waals surface area (Å²) in [6.07, 6.45) is 3.84. The van der Waals surface area contributed by atoms with E-state index in [2.05, 4.69) is 4.74 Å².